The number of nitriles is 1. The molecule has 1 atom stereocenters. The van der Waals surface area contributed by atoms with E-state index in [1.807, 2.05) is 50.5 Å². The molecule has 5 nitrogen and oxygen atoms in total. The number of carbonyl (C=O) groups excluding carboxylic acids is 1. The van der Waals surface area contributed by atoms with E-state index in [1.165, 1.54) is 5.56 Å². The Bertz CT molecular complexity index is 1220. The minimum Gasteiger partial charge on any atom is -0.348 e. The van der Waals surface area contributed by atoms with Gasteiger partial charge >= 0.3 is 0 Å². The minimum atomic E-state index is -0.118. The van der Waals surface area contributed by atoms with Gasteiger partial charge in [-0.3, -0.25) is 4.79 Å². The third-order valence-corrected chi connectivity index (χ3v) is 6.62. The van der Waals surface area contributed by atoms with Crippen molar-refractivity contribution in [1.29, 1.82) is 5.26 Å². The Morgan fingerprint density at radius 2 is 2.03 bits per heavy atom. The molecule has 6 heteroatoms. The molecule has 32 heavy (non-hydrogen) atoms. The van der Waals surface area contributed by atoms with Gasteiger partial charge in [-0.25, -0.2) is 0 Å². The Morgan fingerprint density at radius 3 is 2.75 bits per heavy atom. The summed E-state index contributed by atoms with van der Waals surface area (Å²) in [5.74, 6) is -0.0155. The van der Waals surface area contributed by atoms with Crippen molar-refractivity contribution in [2.45, 2.75) is 39.3 Å². The van der Waals surface area contributed by atoms with Gasteiger partial charge in [0.1, 0.15) is 0 Å². The van der Waals surface area contributed by atoms with Crippen LogP contribution >= 0.6 is 11.6 Å². The highest BCUT2D eigenvalue weighted by Gasteiger charge is 2.40. The van der Waals surface area contributed by atoms with E-state index in [0.717, 1.165) is 41.7 Å². The van der Waals surface area contributed by atoms with E-state index >= 15 is 0 Å². The van der Waals surface area contributed by atoms with Crippen molar-refractivity contribution in [3.8, 4) is 6.07 Å². The topological polar surface area (TPSA) is 61.1 Å². The van der Waals surface area contributed by atoms with Crippen LogP contribution in [0.5, 0.6) is 0 Å². The maximum Gasteiger partial charge on any atom is 0.226 e. The molecule has 0 aliphatic heterocycles. The van der Waals surface area contributed by atoms with E-state index < -0.39 is 0 Å². The third kappa shape index (κ3) is 4.39. The van der Waals surface area contributed by atoms with Crippen LogP contribution in [0.1, 0.15) is 42.3 Å². The molecule has 0 saturated carbocycles. The molecule has 1 N–H and O–H groups in total. The van der Waals surface area contributed by atoms with Crippen molar-refractivity contribution in [2.24, 2.45) is 5.41 Å². The number of rotatable bonds is 6. The first-order valence-corrected chi connectivity index (χ1v) is 11.3. The monoisotopic (exact) mass is 448 g/mol. The highest BCUT2D eigenvalue weighted by atomic mass is 35.5. The summed E-state index contributed by atoms with van der Waals surface area (Å²) in [6, 6.07) is 15.8. The van der Waals surface area contributed by atoms with Crippen molar-refractivity contribution < 1.29 is 4.79 Å². The zero-order chi connectivity index (χ0) is 23.0. The van der Waals surface area contributed by atoms with Crippen LogP contribution in [-0.2, 0) is 24.2 Å². The number of carbonyl (C=O) groups is 1. The van der Waals surface area contributed by atoms with Gasteiger partial charge in [-0.05, 0) is 73.5 Å². The molecular formula is C26H29ClN4O. The van der Waals surface area contributed by atoms with Crippen LogP contribution in [0.4, 0.5) is 0 Å². The lowest BCUT2D eigenvalue weighted by molar-refractivity contribution is -0.122. The second-order valence-corrected chi connectivity index (χ2v) is 10.1. The second-order valence-electron chi connectivity index (χ2n) is 9.66. The number of halogens is 1. The van der Waals surface area contributed by atoms with Gasteiger partial charge in [0.05, 0.1) is 24.1 Å². The van der Waals surface area contributed by atoms with Gasteiger partial charge in [0.2, 0.25) is 5.91 Å². The summed E-state index contributed by atoms with van der Waals surface area (Å²) < 4.78 is 2.22. The summed E-state index contributed by atoms with van der Waals surface area (Å²) >= 11 is 6.21. The van der Waals surface area contributed by atoms with Gasteiger partial charge < -0.3 is 14.8 Å². The molecule has 1 heterocycles. The highest BCUT2D eigenvalue weighted by molar-refractivity contribution is 6.31. The van der Waals surface area contributed by atoms with E-state index in [2.05, 4.69) is 40.8 Å². The van der Waals surface area contributed by atoms with Gasteiger partial charge in [0.25, 0.3) is 0 Å². The summed E-state index contributed by atoms with van der Waals surface area (Å²) in [5, 5.41) is 14.3. The van der Waals surface area contributed by atoms with Crippen LogP contribution in [-0.4, -0.2) is 36.0 Å². The highest BCUT2D eigenvalue weighted by Crippen LogP contribution is 2.45. The van der Waals surface area contributed by atoms with Crippen LogP contribution in [0.3, 0.4) is 0 Å². The Kier molecular flexibility index (Phi) is 6.03. The molecule has 0 unspecified atom stereocenters. The average Bonchev–Trinajstić information content (AvgIpc) is 3.18. The molecule has 166 valence electrons. The number of benzene rings is 2. The lowest BCUT2D eigenvalue weighted by atomic mass is 9.85. The minimum absolute atomic E-state index is 0.0155. The lowest BCUT2D eigenvalue weighted by Gasteiger charge is -2.28. The molecule has 1 aliphatic carbocycles. The van der Waals surface area contributed by atoms with E-state index in [1.54, 1.807) is 0 Å². The summed E-state index contributed by atoms with van der Waals surface area (Å²) in [4.78, 5) is 15.4. The van der Waals surface area contributed by atoms with Crippen molar-refractivity contribution >= 4 is 28.4 Å². The number of amides is 1. The molecule has 0 saturated heterocycles. The SMILES string of the molecule is CN(C)CCn1c(CC(=O)N[C@H]2c3cc(C#N)ccc3CC2(C)C)cc2cc(Cl)ccc21. The fourth-order valence-corrected chi connectivity index (χ4v) is 4.95. The Labute approximate surface area is 194 Å². The smallest absolute Gasteiger partial charge is 0.226 e. The first-order chi connectivity index (χ1) is 15.2. The Balaban J connectivity index is 1.61. The largest absolute Gasteiger partial charge is 0.348 e. The van der Waals surface area contributed by atoms with Crippen LogP contribution in [0.25, 0.3) is 10.9 Å². The normalized spacial score (nSPS) is 16.8. The van der Waals surface area contributed by atoms with Gasteiger partial charge in [-0.1, -0.05) is 31.5 Å². The fourth-order valence-electron chi connectivity index (χ4n) is 4.77. The van der Waals surface area contributed by atoms with E-state index in [-0.39, 0.29) is 17.4 Å². The standard InChI is InChI=1S/C26H29ClN4O/c1-26(2)15-18-6-5-17(16-28)11-22(18)25(26)29-24(32)14-21-13-19-12-20(27)7-8-23(19)31(21)10-9-30(3)4/h5-8,11-13,25H,9-10,14-15H2,1-4H3,(H,29,32)/t25-/m0/s1. The number of likely N-dealkylation sites (N-methyl/N-ethyl adjacent to an activating group) is 1. The van der Waals surface area contributed by atoms with Crippen molar-refractivity contribution in [1.82, 2.24) is 14.8 Å². The summed E-state index contributed by atoms with van der Waals surface area (Å²) in [6.45, 7) is 6.01. The molecule has 1 amide bonds. The molecule has 0 bridgehead atoms. The molecule has 2 aromatic carbocycles. The number of aromatic nitrogens is 1. The summed E-state index contributed by atoms with van der Waals surface area (Å²) in [7, 11) is 4.09. The molecule has 1 aliphatic rings. The maximum absolute atomic E-state index is 13.2. The zero-order valence-electron chi connectivity index (χ0n) is 19.1. The number of hydrogen-bond donors (Lipinski definition) is 1. The van der Waals surface area contributed by atoms with Crippen molar-refractivity contribution in [2.75, 3.05) is 20.6 Å². The van der Waals surface area contributed by atoms with Gasteiger partial charge in [-0.15, -0.1) is 0 Å². The van der Waals surface area contributed by atoms with Crippen molar-refractivity contribution in [3.63, 3.8) is 0 Å². The van der Waals surface area contributed by atoms with Crippen LogP contribution < -0.4 is 5.32 Å². The number of hydrogen-bond acceptors (Lipinski definition) is 3. The van der Waals surface area contributed by atoms with Gasteiger partial charge in [0.15, 0.2) is 0 Å². The van der Waals surface area contributed by atoms with E-state index in [9.17, 15) is 10.1 Å². The molecular weight excluding hydrogens is 420 g/mol. The molecule has 3 aromatic rings. The van der Waals surface area contributed by atoms with Crippen LogP contribution in [0, 0.1) is 16.7 Å². The second kappa shape index (κ2) is 8.61. The van der Waals surface area contributed by atoms with E-state index in [4.69, 9.17) is 11.6 Å². The first-order valence-electron chi connectivity index (χ1n) is 10.9. The van der Waals surface area contributed by atoms with E-state index in [0.29, 0.717) is 17.0 Å². The number of fused-ring (bicyclic) bond motifs is 2. The average molecular weight is 449 g/mol. The van der Waals surface area contributed by atoms with Gasteiger partial charge in [0, 0.05) is 34.7 Å². The van der Waals surface area contributed by atoms with Crippen LogP contribution in [0.2, 0.25) is 5.02 Å². The molecule has 0 radical (unpaired) electrons. The summed E-state index contributed by atoms with van der Waals surface area (Å²) in [6.07, 6.45) is 1.17. The molecule has 1 aromatic heterocycles. The molecule has 0 fully saturated rings. The fraction of sp³-hybridized carbons (Fsp3) is 0.385. The third-order valence-electron chi connectivity index (χ3n) is 6.38. The number of nitrogens with zero attached hydrogens (tertiary/aromatic N) is 3. The lowest BCUT2D eigenvalue weighted by Crippen LogP contribution is -2.36. The maximum atomic E-state index is 13.2. The predicted octanol–water partition coefficient (Wildman–Crippen LogP) is 4.71. The Hall–Kier alpha value is -2.81. The quantitative estimate of drug-likeness (QED) is 0.594. The van der Waals surface area contributed by atoms with Crippen molar-refractivity contribution in [3.05, 3.63) is 69.9 Å². The molecule has 0 spiro atoms. The predicted molar refractivity (Wildman–Crippen MR) is 129 cm³/mol. The number of nitrogens with one attached hydrogen (secondary N) is 1. The Morgan fingerprint density at radius 1 is 1.25 bits per heavy atom. The summed E-state index contributed by atoms with van der Waals surface area (Å²) in [5.41, 5.74) is 4.84. The van der Waals surface area contributed by atoms with Gasteiger partial charge in [-0.2, -0.15) is 5.26 Å². The zero-order valence-corrected chi connectivity index (χ0v) is 19.8. The van der Waals surface area contributed by atoms with Crippen LogP contribution in [0.15, 0.2) is 42.5 Å². The molecule has 4 rings (SSSR count). The first kappa shape index (κ1) is 22.4.